The first-order valence-corrected chi connectivity index (χ1v) is 9.90. The molecule has 140 valence electrons. The van der Waals surface area contributed by atoms with Gasteiger partial charge in [-0.1, -0.05) is 48.5 Å². The van der Waals surface area contributed by atoms with Crippen LogP contribution < -0.4 is 5.73 Å². The Morgan fingerprint density at radius 3 is 2.52 bits per heavy atom. The van der Waals surface area contributed by atoms with Gasteiger partial charge in [-0.25, -0.2) is 4.98 Å². The van der Waals surface area contributed by atoms with E-state index in [0.29, 0.717) is 12.8 Å². The van der Waals surface area contributed by atoms with Gasteiger partial charge in [0.15, 0.2) is 0 Å². The van der Waals surface area contributed by atoms with Crippen molar-refractivity contribution in [2.45, 2.75) is 32.7 Å². The predicted molar refractivity (Wildman–Crippen MR) is 113 cm³/mol. The second-order valence-electron chi connectivity index (χ2n) is 6.71. The van der Waals surface area contributed by atoms with Gasteiger partial charge in [-0.3, -0.25) is 4.79 Å². The molecule has 4 nitrogen and oxygen atoms in total. The molecule has 0 radical (unpaired) electrons. The lowest BCUT2D eigenvalue weighted by molar-refractivity contribution is -0.131. The second kappa shape index (κ2) is 8.35. The van der Waals surface area contributed by atoms with Crippen LogP contribution in [0.1, 0.15) is 35.5 Å². The lowest BCUT2D eigenvalue weighted by Crippen LogP contribution is -2.29. The quantitative estimate of drug-likeness (QED) is 0.623. The number of nitrogens with two attached hydrogens (primary N) is 1. The second-order valence-corrected chi connectivity index (χ2v) is 7.74. The highest BCUT2D eigenvalue weighted by atomic mass is 32.1. The van der Waals surface area contributed by atoms with Crippen molar-refractivity contribution in [2.24, 2.45) is 0 Å². The molecule has 3 rings (SSSR count). The molecule has 27 heavy (non-hydrogen) atoms. The van der Waals surface area contributed by atoms with Crippen LogP contribution in [0.4, 0.5) is 5.69 Å². The normalized spacial score (nSPS) is 12.0. The van der Waals surface area contributed by atoms with Gasteiger partial charge < -0.3 is 10.6 Å². The van der Waals surface area contributed by atoms with E-state index in [4.69, 9.17) is 10.7 Å². The molecule has 0 aliphatic heterocycles. The van der Waals surface area contributed by atoms with Crippen molar-refractivity contribution in [2.75, 3.05) is 12.8 Å². The lowest BCUT2D eigenvalue weighted by atomic mass is 10.1. The maximum absolute atomic E-state index is 12.7. The number of benzene rings is 2. The van der Waals surface area contributed by atoms with E-state index in [-0.39, 0.29) is 11.9 Å². The number of para-hydroxylation sites is 1. The molecule has 0 aliphatic rings. The van der Waals surface area contributed by atoms with Crippen LogP contribution in [0.15, 0.2) is 54.6 Å². The van der Waals surface area contributed by atoms with Crippen LogP contribution in [0, 0.1) is 6.92 Å². The minimum atomic E-state index is -0.0133. The Bertz CT molecular complexity index is 920. The van der Waals surface area contributed by atoms with Crippen LogP contribution in [0.5, 0.6) is 0 Å². The number of thiazole rings is 1. The molecule has 0 saturated heterocycles. The van der Waals surface area contributed by atoms with Crippen LogP contribution in [-0.2, 0) is 11.2 Å². The van der Waals surface area contributed by atoms with Crippen LogP contribution in [0.2, 0.25) is 0 Å². The SMILES string of the molecule is Cc1nc(-c2ccccc2)sc1C(C)N(C)C(=O)CCc1ccccc1N. The van der Waals surface area contributed by atoms with E-state index in [2.05, 4.69) is 19.1 Å². The Hall–Kier alpha value is -2.66. The monoisotopic (exact) mass is 379 g/mol. The molecular formula is C22H25N3OS. The van der Waals surface area contributed by atoms with Crippen molar-refractivity contribution < 1.29 is 4.79 Å². The molecule has 1 unspecified atom stereocenters. The molecule has 0 aliphatic carbocycles. The predicted octanol–water partition coefficient (Wildman–Crippen LogP) is 4.85. The fourth-order valence-corrected chi connectivity index (χ4v) is 4.24. The van der Waals surface area contributed by atoms with Crippen LogP contribution >= 0.6 is 11.3 Å². The van der Waals surface area contributed by atoms with Gasteiger partial charge in [0.25, 0.3) is 0 Å². The fraction of sp³-hybridized carbons (Fsp3) is 0.273. The van der Waals surface area contributed by atoms with Gasteiger partial charge >= 0.3 is 0 Å². The molecule has 0 spiro atoms. The third kappa shape index (κ3) is 4.37. The van der Waals surface area contributed by atoms with E-state index >= 15 is 0 Å². The summed E-state index contributed by atoms with van der Waals surface area (Å²) in [7, 11) is 1.86. The fourth-order valence-electron chi connectivity index (χ4n) is 3.07. The van der Waals surface area contributed by atoms with Crippen LogP contribution in [0.3, 0.4) is 0 Å². The Labute approximate surface area is 164 Å². The van der Waals surface area contributed by atoms with Gasteiger partial charge in [-0.2, -0.15) is 0 Å². The molecule has 2 N–H and O–H groups in total. The van der Waals surface area contributed by atoms with Crippen molar-refractivity contribution in [3.8, 4) is 10.6 Å². The van der Waals surface area contributed by atoms with Gasteiger partial charge in [0.05, 0.1) is 16.6 Å². The maximum atomic E-state index is 12.7. The minimum absolute atomic E-state index is 0.0133. The number of anilines is 1. The standard InChI is InChI=1S/C22H25N3OS/c1-15-21(27-22(24-15)18-10-5-4-6-11-18)16(2)25(3)20(26)14-13-17-9-7-8-12-19(17)23/h4-12,16H,13-14,23H2,1-3H3. The van der Waals surface area contributed by atoms with Crippen molar-refractivity contribution >= 4 is 22.9 Å². The van der Waals surface area contributed by atoms with Gasteiger partial charge in [0.1, 0.15) is 5.01 Å². The number of amides is 1. The molecule has 3 aromatic rings. The molecule has 2 aromatic carbocycles. The summed E-state index contributed by atoms with van der Waals surface area (Å²) < 4.78 is 0. The van der Waals surface area contributed by atoms with Gasteiger partial charge in [-0.05, 0) is 31.9 Å². The smallest absolute Gasteiger partial charge is 0.223 e. The van der Waals surface area contributed by atoms with Crippen molar-refractivity contribution in [3.05, 3.63) is 70.7 Å². The van der Waals surface area contributed by atoms with Crippen LogP contribution in [-0.4, -0.2) is 22.8 Å². The van der Waals surface area contributed by atoms with Crippen molar-refractivity contribution in [1.29, 1.82) is 0 Å². The molecule has 1 aromatic heterocycles. The summed E-state index contributed by atoms with van der Waals surface area (Å²) >= 11 is 1.66. The zero-order valence-electron chi connectivity index (χ0n) is 16.0. The summed E-state index contributed by atoms with van der Waals surface area (Å²) in [6, 6.07) is 17.8. The molecule has 0 saturated carbocycles. The molecule has 5 heteroatoms. The number of rotatable bonds is 6. The number of nitrogens with zero attached hydrogens (tertiary/aromatic N) is 2. The summed E-state index contributed by atoms with van der Waals surface area (Å²) in [6.07, 6.45) is 1.10. The summed E-state index contributed by atoms with van der Waals surface area (Å²) in [6.45, 7) is 4.07. The Morgan fingerprint density at radius 1 is 1.15 bits per heavy atom. The van der Waals surface area contributed by atoms with E-state index in [1.54, 1.807) is 11.3 Å². The lowest BCUT2D eigenvalue weighted by Gasteiger charge is -2.24. The minimum Gasteiger partial charge on any atom is -0.399 e. The number of hydrogen-bond acceptors (Lipinski definition) is 4. The molecular weight excluding hydrogens is 354 g/mol. The Kier molecular flexibility index (Phi) is 5.91. The topological polar surface area (TPSA) is 59.2 Å². The first kappa shape index (κ1) is 19.1. The first-order valence-electron chi connectivity index (χ1n) is 9.09. The third-order valence-electron chi connectivity index (χ3n) is 4.87. The Balaban J connectivity index is 1.69. The van der Waals surface area contributed by atoms with Gasteiger partial charge in [-0.15, -0.1) is 11.3 Å². The molecule has 0 fully saturated rings. The number of nitrogen functional groups attached to an aromatic ring is 1. The highest BCUT2D eigenvalue weighted by molar-refractivity contribution is 7.15. The first-order chi connectivity index (χ1) is 13.0. The van der Waals surface area contributed by atoms with Crippen molar-refractivity contribution in [1.82, 2.24) is 9.88 Å². The molecule has 0 bridgehead atoms. The largest absolute Gasteiger partial charge is 0.399 e. The summed E-state index contributed by atoms with van der Waals surface area (Å²) in [5.41, 5.74) is 9.84. The Morgan fingerprint density at radius 2 is 1.81 bits per heavy atom. The van der Waals surface area contributed by atoms with Crippen molar-refractivity contribution in [3.63, 3.8) is 0 Å². The number of aromatic nitrogens is 1. The average molecular weight is 380 g/mol. The highest BCUT2D eigenvalue weighted by Gasteiger charge is 2.22. The van der Waals surface area contributed by atoms with E-state index in [1.165, 1.54) is 0 Å². The molecule has 1 heterocycles. The zero-order valence-corrected chi connectivity index (χ0v) is 16.8. The molecule has 1 atom stereocenters. The van der Waals surface area contributed by atoms with Gasteiger partial charge in [0, 0.05) is 24.7 Å². The maximum Gasteiger partial charge on any atom is 0.223 e. The highest BCUT2D eigenvalue weighted by Crippen LogP contribution is 2.34. The summed E-state index contributed by atoms with van der Waals surface area (Å²) in [4.78, 5) is 20.4. The molecule has 1 amide bonds. The number of hydrogen-bond donors (Lipinski definition) is 1. The van der Waals surface area contributed by atoms with E-state index < -0.39 is 0 Å². The summed E-state index contributed by atoms with van der Waals surface area (Å²) in [5.74, 6) is 0.111. The van der Waals surface area contributed by atoms with E-state index in [9.17, 15) is 4.79 Å². The van der Waals surface area contributed by atoms with Crippen LogP contribution in [0.25, 0.3) is 10.6 Å². The van der Waals surface area contributed by atoms with Gasteiger partial charge in [0.2, 0.25) is 5.91 Å². The zero-order chi connectivity index (χ0) is 19.4. The van der Waals surface area contributed by atoms with E-state index in [0.717, 1.165) is 32.4 Å². The van der Waals surface area contributed by atoms with E-state index in [1.807, 2.05) is 61.3 Å². The summed E-state index contributed by atoms with van der Waals surface area (Å²) in [5, 5.41) is 0.993. The number of aryl methyl sites for hydroxylation is 2. The average Bonchev–Trinajstić information content (AvgIpc) is 3.08. The number of carbonyl (C=O) groups excluding carboxylic acids is 1. The third-order valence-corrected chi connectivity index (χ3v) is 6.25. The number of carbonyl (C=O) groups is 1.